The van der Waals surface area contributed by atoms with Crippen LogP contribution < -0.4 is 0 Å². The first kappa shape index (κ1) is 12.7. The van der Waals surface area contributed by atoms with E-state index in [-0.39, 0.29) is 22.5 Å². The summed E-state index contributed by atoms with van der Waals surface area (Å²) >= 11 is 0. The van der Waals surface area contributed by atoms with Gasteiger partial charge in [-0.2, -0.15) is 8.42 Å². The molecule has 0 unspecified atom stereocenters. The molecule has 0 amide bonds. The third kappa shape index (κ3) is 1.77. The van der Waals surface area contributed by atoms with Gasteiger partial charge in [-0.1, -0.05) is 24.3 Å². The van der Waals surface area contributed by atoms with Crippen molar-refractivity contribution >= 4 is 21.7 Å². The van der Waals surface area contributed by atoms with Crippen LogP contribution in [0.4, 0.5) is 0 Å². The van der Waals surface area contributed by atoms with Gasteiger partial charge in [-0.25, -0.2) is 0 Å². The zero-order valence-electron chi connectivity index (χ0n) is 10.0. The molecule has 0 saturated carbocycles. The summed E-state index contributed by atoms with van der Waals surface area (Å²) in [5.74, 6) is -0.766. The van der Waals surface area contributed by atoms with E-state index in [0.717, 1.165) is 12.1 Å². The van der Waals surface area contributed by atoms with Crippen LogP contribution >= 0.6 is 0 Å². The Kier molecular flexibility index (Phi) is 2.60. The van der Waals surface area contributed by atoms with E-state index < -0.39 is 20.8 Å². The molecule has 0 saturated heterocycles. The maximum atomic E-state index is 12.3. The number of hydrogen-bond acceptors (Lipinski definition) is 4. The third-order valence-corrected chi connectivity index (χ3v) is 4.04. The molecular formula is C14H8O5S. The van der Waals surface area contributed by atoms with E-state index in [1.807, 2.05) is 0 Å². The fourth-order valence-electron chi connectivity index (χ4n) is 2.24. The van der Waals surface area contributed by atoms with E-state index in [9.17, 15) is 18.0 Å². The van der Waals surface area contributed by atoms with E-state index >= 15 is 0 Å². The van der Waals surface area contributed by atoms with Crippen molar-refractivity contribution in [3.63, 3.8) is 0 Å². The lowest BCUT2D eigenvalue weighted by Crippen LogP contribution is -2.21. The monoisotopic (exact) mass is 288 g/mol. The molecule has 0 heterocycles. The lowest BCUT2D eigenvalue weighted by molar-refractivity contribution is 0.0979. The van der Waals surface area contributed by atoms with Gasteiger partial charge in [-0.15, -0.1) is 0 Å². The number of rotatable bonds is 1. The van der Waals surface area contributed by atoms with Gasteiger partial charge in [0.1, 0.15) is 0 Å². The van der Waals surface area contributed by atoms with Gasteiger partial charge in [0, 0.05) is 22.3 Å². The summed E-state index contributed by atoms with van der Waals surface area (Å²) in [6, 6.07) is 9.72. The summed E-state index contributed by atoms with van der Waals surface area (Å²) in [6.07, 6.45) is 0. The topological polar surface area (TPSA) is 88.5 Å². The van der Waals surface area contributed by atoms with Crippen LogP contribution in [0.1, 0.15) is 31.8 Å². The second-order valence-corrected chi connectivity index (χ2v) is 5.81. The van der Waals surface area contributed by atoms with Gasteiger partial charge in [-0.05, 0) is 18.2 Å². The van der Waals surface area contributed by atoms with Crippen LogP contribution in [0.25, 0.3) is 0 Å². The summed E-state index contributed by atoms with van der Waals surface area (Å²) in [5.41, 5.74) is 0.659. The molecule has 0 fully saturated rings. The minimum absolute atomic E-state index is 0.0103. The highest BCUT2D eigenvalue weighted by Gasteiger charge is 2.30. The average Bonchev–Trinajstić information content (AvgIpc) is 2.43. The summed E-state index contributed by atoms with van der Waals surface area (Å²) < 4.78 is 31.2. The van der Waals surface area contributed by atoms with Gasteiger partial charge in [0.2, 0.25) is 0 Å². The Morgan fingerprint density at radius 2 is 1.25 bits per heavy atom. The van der Waals surface area contributed by atoms with Gasteiger partial charge < -0.3 is 0 Å². The highest BCUT2D eigenvalue weighted by atomic mass is 32.2. The first-order valence-corrected chi connectivity index (χ1v) is 7.13. The Balaban J connectivity index is 2.29. The zero-order chi connectivity index (χ0) is 14.5. The summed E-state index contributed by atoms with van der Waals surface area (Å²) in [5, 5.41) is 0. The van der Waals surface area contributed by atoms with Gasteiger partial charge in [0.15, 0.2) is 11.6 Å². The quantitative estimate of drug-likeness (QED) is 0.689. The van der Waals surface area contributed by atoms with Gasteiger partial charge in [-0.3, -0.25) is 14.1 Å². The van der Waals surface area contributed by atoms with Crippen LogP contribution in [-0.2, 0) is 10.1 Å². The number of carbonyl (C=O) groups excluding carboxylic acids is 2. The molecule has 2 aromatic carbocycles. The molecule has 20 heavy (non-hydrogen) atoms. The number of benzene rings is 2. The number of ketones is 2. The largest absolute Gasteiger partial charge is 0.294 e. The van der Waals surface area contributed by atoms with Crippen LogP contribution in [0, 0.1) is 0 Å². The lowest BCUT2D eigenvalue weighted by Gasteiger charge is -2.17. The van der Waals surface area contributed by atoms with Crippen LogP contribution in [0.2, 0.25) is 0 Å². The minimum atomic E-state index is -4.42. The first-order chi connectivity index (χ1) is 9.39. The van der Waals surface area contributed by atoms with Crippen molar-refractivity contribution < 1.29 is 22.6 Å². The molecule has 0 aliphatic heterocycles. The molecule has 1 aliphatic rings. The Morgan fingerprint density at radius 3 is 1.80 bits per heavy atom. The van der Waals surface area contributed by atoms with E-state index in [2.05, 4.69) is 0 Å². The number of fused-ring (bicyclic) bond motifs is 2. The second kappa shape index (κ2) is 4.09. The fourth-order valence-corrected chi connectivity index (χ4v) is 2.75. The van der Waals surface area contributed by atoms with Crippen molar-refractivity contribution in [1.29, 1.82) is 0 Å². The average molecular weight is 288 g/mol. The first-order valence-electron chi connectivity index (χ1n) is 5.69. The van der Waals surface area contributed by atoms with Crippen molar-refractivity contribution in [3.05, 3.63) is 64.7 Å². The molecule has 0 spiro atoms. The molecule has 1 aliphatic carbocycles. The summed E-state index contributed by atoms with van der Waals surface area (Å²) in [6.45, 7) is 0. The molecule has 3 rings (SSSR count). The van der Waals surface area contributed by atoms with Crippen LogP contribution in [-0.4, -0.2) is 24.5 Å². The fraction of sp³-hybridized carbons (Fsp3) is 0. The minimum Gasteiger partial charge on any atom is -0.289 e. The Labute approximate surface area is 114 Å². The van der Waals surface area contributed by atoms with E-state index in [1.54, 1.807) is 18.2 Å². The Morgan fingerprint density at radius 1 is 0.750 bits per heavy atom. The summed E-state index contributed by atoms with van der Waals surface area (Å²) in [7, 11) is -4.42. The van der Waals surface area contributed by atoms with Gasteiger partial charge in [0.25, 0.3) is 10.1 Å². The standard InChI is InChI=1S/C14H8O5S/c15-13-9-3-1-2-4-10(9)14(16)12-7-8(20(17,18)19)5-6-11(12)13/h1-7H,(H,17,18,19). The molecule has 0 atom stereocenters. The number of hydrogen-bond donors (Lipinski definition) is 1. The molecular weight excluding hydrogens is 280 g/mol. The van der Waals surface area contributed by atoms with Crippen molar-refractivity contribution in [3.8, 4) is 0 Å². The third-order valence-electron chi connectivity index (χ3n) is 3.19. The van der Waals surface area contributed by atoms with E-state index in [4.69, 9.17) is 4.55 Å². The second-order valence-electron chi connectivity index (χ2n) is 4.39. The Hall–Kier alpha value is -2.31. The normalized spacial score (nSPS) is 13.8. The Bertz CT molecular complexity index is 865. The molecule has 1 N–H and O–H groups in total. The van der Waals surface area contributed by atoms with Crippen LogP contribution in [0.15, 0.2) is 47.4 Å². The van der Waals surface area contributed by atoms with Gasteiger partial charge in [0.05, 0.1) is 4.90 Å². The molecule has 6 heteroatoms. The van der Waals surface area contributed by atoms with E-state index in [0.29, 0.717) is 5.56 Å². The van der Waals surface area contributed by atoms with Crippen molar-refractivity contribution in [2.75, 3.05) is 0 Å². The smallest absolute Gasteiger partial charge is 0.289 e. The maximum Gasteiger partial charge on any atom is 0.294 e. The molecule has 0 bridgehead atoms. The maximum absolute atomic E-state index is 12.3. The van der Waals surface area contributed by atoms with Crippen molar-refractivity contribution in [2.24, 2.45) is 0 Å². The zero-order valence-corrected chi connectivity index (χ0v) is 10.8. The molecule has 0 aromatic heterocycles. The summed E-state index contributed by atoms with van der Waals surface area (Å²) in [4.78, 5) is 24.1. The van der Waals surface area contributed by atoms with Crippen LogP contribution in [0.5, 0.6) is 0 Å². The van der Waals surface area contributed by atoms with Crippen molar-refractivity contribution in [2.45, 2.75) is 4.90 Å². The van der Waals surface area contributed by atoms with Crippen molar-refractivity contribution in [1.82, 2.24) is 0 Å². The highest BCUT2D eigenvalue weighted by molar-refractivity contribution is 7.85. The molecule has 2 aromatic rings. The molecule has 0 radical (unpaired) electrons. The van der Waals surface area contributed by atoms with Crippen LogP contribution in [0.3, 0.4) is 0 Å². The lowest BCUT2D eigenvalue weighted by atomic mass is 9.84. The number of carbonyl (C=O) groups is 2. The highest BCUT2D eigenvalue weighted by Crippen LogP contribution is 2.28. The molecule has 100 valence electrons. The predicted molar refractivity (Wildman–Crippen MR) is 69.6 cm³/mol. The van der Waals surface area contributed by atoms with Gasteiger partial charge >= 0.3 is 0 Å². The SMILES string of the molecule is O=C1c2ccccc2C(=O)c2cc(S(=O)(=O)O)ccc21. The molecule has 5 nitrogen and oxygen atoms in total. The van der Waals surface area contributed by atoms with E-state index in [1.165, 1.54) is 12.1 Å². The predicted octanol–water partition coefficient (Wildman–Crippen LogP) is 1.71.